The van der Waals surface area contributed by atoms with E-state index in [-0.39, 0.29) is 24.4 Å². The Bertz CT molecular complexity index is 241. The van der Waals surface area contributed by atoms with E-state index in [2.05, 4.69) is 0 Å². The third-order valence-electron chi connectivity index (χ3n) is 2.49. The summed E-state index contributed by atoms with van der Waals surface area (Å²) in [5.41, 5.74) is -1.07. The molecule has 0 aliphatic rings. The number of hydrogen-bond donors (Lipinski definition) is 0. The van der Waals surface area contributed by atoms with Gasteiger partial charge in [0.2, 0.25) is 0 Å². The van der Waals surface area contributed by atoms with Gasteiger partial charge < -0.3 is 0 Å². The van der Waals surface area contributed by atoms with Crippen molar-refractivity contribution in [1.82, 2.24) is 0 Å². The molecule has 0 N–H and O–H groups in total. The van der Waals surface area contributed by atoms with Crippen LogP contribution in [-0.4, -0.2) is 17.7 Å². The molecule has 0 fully saturated rings. The van der Waals surface area contributed by atoms with E-state index in [9.17, 15) is 14.0 Å². The van der Waals surface area contributed by atoms with Crippen molar-refractivity contribution in [2.45, 2.75) is 60.6 Å². The summed E-state index contributed by atoms with van der Waals surface area (Å²) >= 11 is 0. The molecular weight excluding hydrogens is 207 g/mol. The molecule has 94 valence electrons. The van der Waals surface area contributed by atoms with Gasteiger partial charge in [-0.15, -0.1) is 0 Å². The zero-order valence-electron chi connectivity index (χ0n) is 11.2. The SMILES string of the molecule is CC(C)(C)C(=O)CC(F)CC(=O)C(C)(C)C. The van der Waals surface area contributed by atoms with Crippen LogP contribution >= 0.6 is 0 Å². The molecule has 0 aliphatic carbocycles. The summed E-state index contributed by atoms with van der Waals surface area (Å²) in [5, 5.41) is 0. The second-order valence-electron chi connectivity index (χ2n) is 6.35. The van der Waals surface area contributed by atoms with E-state index >= 15 is 0 Å². The van der Waals surface area contributed by atoms with Crippen LogP contribution in [0.15, 0.2) is 0 Å². The number of hydrogen-bond acceptors (Lipinski definition) is 2. The van der Waals surface area contributed by atoms with Gasteiger partial charge in [-0.25, -0.2) is 4.39 Å². The van der Waals surface area contributed by atoms with Gasteiger partial charge in [0.1, 0.15) is 17.7 Å². The Morgan fingerprint density at radius 3 is 1.31 bits per heavy atom. The zero-order valence-corrected chi connectivity index (χ0v) is 11.2. The number of rotatable bonds is 4. The predicted octanol–water partition coefficient (Wildman–Crippen LogP) is 3.34. The smallest absolute Gasteiger partial charge is 0.141 e. The average molecular weight is 230 g/mol. The van der Waals surface area contributed by atoms with Gasteiger partial charge in [0.15, 0.2) is 0 Å². The van der Waals surface area contributed by atoms with Crippen molar-refractivity contribution in [1.29, 1.82) is 0 Å². The molecule has 0 spiro atoms. The third-order valence-corrected chi connectivity index (χ3v) is 2.49. The van der Waals surface area contributed by atoms with Crippen molar-refractivity contribution in [3.63, 3.8) is 0 Å². The minimum atomic E-state index is -1.35. The maximum atomic E-state index is 13.5. The predicted molar refractivity (Wildman–Crippen MR) is 63.1 cm³/mol. The molecule has 0 rings (SSSR count). The summed E-state index contributed by atoms with van der Waals surface area (Å²) in [7, 11) is 0. The van der Waals surface area contributed by atoms with E-state index in [0.29, 0.717) is 0 Å². The Balaban J connectivity index is 4.26. The summed E-state index contributed by atoms with van der Waals surface area (Å²) in [5.74, 6) is -0.275. The van der Waals surface area contributed by atoms with Gasteiger partial charge in [0.05, 0.1) is 0 Å². The molecule has 0 atom stereocenters. The van der Waals surface area contributed by atoms with E-state index in [1.54, 1.807) is 41.5 Å². The maximum Gasteiger partial charge on any atom is 0.141 e. The lowest BCUT2D eigenvalue weighted by atomic mass is 9.84. The summed E-state index contributed by atoms with van der Waals surface area (Å²) in [4.78, 5) is 23.1. The molecule has 0 aromatic heterocycles. The van der Waals surface area contributed by atoms with E-state index < -0.39 is 17.0 Å². The van der Waals surface area contributed by atoms with Crippen LogP contribution < -0.4 is 0 Å². The minimum absolute atomic E-state index is 0.137. The highest BCUT2D eigenvalue weighted by Crippen LogP contribution is 2.23. The first-order chi connectivity index (χ1) is 6.94. The van der Waals surface area contributed by atoms with Crippen molar-refractivity contribution >= 4 is 11.6 Å². The van der Waals surface area contributed by atoms with Gasteiger partial charge in [0.25, 0.3) is 0 Å². The van der Waals surface area contributed by atoms with Crippen LogP contribution in [0.5, 0.6) is 0 Å². The molecule has 3 heteroatoms. The molecule has 0 saturated heterocycles. The van der Waals surface area contributed by atoms with Gasteiger partial charge in [0, 0.05) is 23.7 Å². The van der Waals surface area contributed by atoms with Gasteiger partial charge in [-0.3, -0.25) is 9.59 Å². The summed E-state index contributed by atoms with van der Waals surface area (Å²) < 4.78 is 13.5. The highest BCUT2D eigenvalue weighted by atomic mass is 19.1. The fourth-order valence-electron chi connectivity index (χ4n) is 1.09. The number of alkyl halides is 1. The van der Waals surface area contributed by atoms with E-state index in [0.717, 1.165) is 0 Å². The molecular formula is C13H23FO2. The Morgan fingerprint density at radius 1 is 0.875 bits per heavy atom. The molecule has 0 aromatic carbocycles. The summed E-state index contributed by atoms with van der Waals surface area (Å²) in [6.07, 6.45) is -1.67. The molecule has 0 saturated carbocycles. The van der Waals surface area contributed by atoms with Crippen LogP contribution in [0.1, 0.15) is 54.4 Å². The minimum Gasteiger partial charge on any atom is -0.299 e. The Labute approximate surface area is 97.6 Å². The van der Waals surface area contributed by atoms with Gasteiger partial charge in [-0.1, -0.05) is 41.5 Å². The first kappa shape index (κ1) is 15.3. The van der Waals surface area contributed by atoms with Crippen LogP contribution in [0.3, 0.4) is 0 Å². The monoisotopic (exact) mass is 230 g/mol. The highest BCUT2D eigenvalue weighted by Gasteiger charge is 2.29. The topological polar surface area (TPSA) is 34.1 Å². The molecule has 0 aliphatic heterocycles. The normalized spacial score (nSPS) is 13.0. The maximum absolute atomic E-state index is 13.5. The van der Waals surface area contributed by atoms with Crippen molar-refractivity contribution in [3.8, 4) is 0 Å². The first-order valence-electron chi connectivity index (χ1n) is 5.65. The quantitative estimate of drug-likeness (QED) is 0.742. The van der Waals surface area contributed by atoms with Crippen molar-refractivity contribution in [2.75, 3.05) is 0 Å². The van der Waals surface area contributed by atoms with Gasteiger partial charge in [-0.05, 0) is 0 Å². The fourth-order valence-corrected chi connectivity index (χ4v) is 1.09. The van der Waals surface area contributed by atoms with E-state index in [1.165, 1.54) is 0 Å². The van der Waals surface area contributed by atoms with Crippen LogP contribution in [-0.2, 0) is 9.59 Å². The standard InChI is InChI=1S/C13H23FO2/c1-12(2,3)10(15)7-9(14)8-11(16)13(4,5)6/h9H,7-8H2,1-6H3. The molecule has 0 unspecified atom stereocenters. The van der Waals surface area contributed by atoms with E-state index in [1.807, 2.05) is 0 Å². The van der Waals surface area contributed by atoms with E-state index in [4.69, 9.17) is 0 Å². The molecule has 16 heavy (non-hydrogen) atoms. The lowest BCUT2D eigenvalue weighted by Crippen LogP contribution is -2.28. The van der Waals surface area contributed by atoms with Crippen molar-refractivity contribution < 1.29 is 14.0 Å². The number of ketones is 2. The molecule has 0 heterocycles. The Kier molecular flexibility index (Phi) is 4.84. The molecule has 0 radical (unpaired) electrons. The van der Waals surface area contributed by atoms with Gasteiger partial charge >= 0.3 is 0 Å². The van der Waals surface area contributed by atoms with Crippen LogP contribution in [0.4, 0.5) is 4.39 Å². The van der Waals surface area contributed by atoms with Crippen LogP contribution in [0.25, 0.3) is 0 Å². The van der Waals surface area contributed by atoms with Crippen LogP contribution in [0, 0.1) is 10.8 Å². The summed E-state index contributed by atoms with van der Waals surface area (Å²) in [6.45, 7) is 10.5. The van der Waals surface area contributed by atoms with Crippen molar-refractivity contribution in [2.24, 2.45) is 10.8 Å². The summed E-state index contributed by atoms with van der Waals surface area (Å²) in [6, 6.07) is 0. The highest BCUT2D eigenvalue weighted by molar-refractivity contribution is 5.87. The number of Topliss-reactive ketones (excluding diaryl/α,β-unsaturated/α-hetero) is 2. The molecule has 2 nitrogen and oxygen atoms in total. The lowest BCUT2D eigenvalue weighted by molar-refractivity contribution is -0.129. The fraction of sp³-hybridized carbons (Fsp3) is 0.846. The van der Waals surface area contributed by atoms with Crippen LogP contribution in [0.2, 0.25) is 0 Å². The van der Waals surface area contributed by atoms with Gasteiger partial charge in [-0.2, -0.15) is 0 Å². The van der Waals surface area contributed by atoms with Crippen molar-refractivity contribution in [3.05, 3.63) is 0 Å². The number of halogens is 1. The first-order valence-corrected chi connectivity index (χ1v) is 5.65. The number of carbonyl (C=O) groups excluding carboxylic acids is 2. The molecule has 0 amide bonds. The average Bonchev–Trinajstić information content (AvgIpc) is 1.99. The zero-order chi connectivity index (χ0) is 13.1. The largest absolute Gasteiger partial charge is 0.299 e. The third kappa shape index (κ3) is 5.38. The second-order valence-corrected chi connectivity index (χ2v) is 6.35. The second kappa shape index (κ2) is 5.07. The Morgan fingerprint density at radius 2 is 1.12 bits per heavy atom. The lowest BCUT2D eigenvalue weighted by Gasteiger charge is -2.20. The molecule has 0 bridgehead atoms. The number of carbonyl (C=O) groups is 2. The Hall–Kier alpha value is -0.730. The molecule has 0 aromatic rings.